The summed E-state index contributed by atoms with van der Waals surface area (Å²) in [5.41, 5.74) is 7.42. The molecule has 1 heterocycles. The number of anilines is 2. The predicted octanol–water partition coefficient (Wildman–Crippen LogP) is 5.10. The van der Waals surface area contributed by atoms with E-state index in [4.69, 9.17) is 28.9 Å². The van der Waals surface area contributed by atoms with Crippen LogP contribution in [0, 0.1) is 10.1 Å². The van der Waals surface area contributed by atoms with E-state index in [1.807, 2.05) is 0 Å². The number of fused-ring (bicyclic) bond motifs is 1. The molecule has 1 unspecified atom stereocenters. The monoisotopic (exact) mass is 526 g/mol. The van der Waals surface area contributed by atoms with Crippen LogP contribution in [-0.4, -0.2) is 33.5 Å². The highest BCUT2D eigenvalue weighted by atomic mass is 35.5. The molecular formula is C24H20Cl2N6O4. The van der Waals surface area contributed by atoms with Gasteiger partial charge in [-0.1, -0.05) is 35.3 Å². The molecule has 5 N–H and O–H groups in total. The van der Waals surface area contributed by atoms with Crippen LogP contribution in [0.5, 0.6) is 0 Å². The molecule has 36 heavy (non-hydrogen) atoms. The highest BCUT2D eigenvalue weighted by Gasteiger charge is 2.22. The smallest absolute Gasteiger partial charge is 0.270 e. The number of halogens is 2. The van der Waals surface area contributed by atoms with Crippen LogP contribution in [-0.2, 0) is 4.79 Å². The van der Waals surface area contributed by atoms with Crippen LogP contribution in [0.2, 0.25) is 10.0 Å². The highest BCUT2D eigenvalue weighted by Crippen LogP contribution is 2.30. The molecule has 4 rings (SSSR count). The van der Waals surface area contributed by atoms with Crippen LogP contribution in [0.25, 0.3) is 10.9 Å². The van der Waals surface area contributed by atoms with Gasteiger partial charge in [-0.3, -0.25) is 24.8 Å². The Morgan fingerprint density at radius 3 is 2.58 bits per heavy atom. The first kappa shape index (κ1) is 25.1. The van der Waals surface area contributed by atoms with E-state index in [0.29, 0.717) is 38.6 Å². The van der Waals surface area contributed by atoms with Crippen LogP contribution in [0.1, 0.15) is 28.3 Å². The molecule has 1 aromatic heterocycles. The normalized spacial score (nSPS) is 11.8. The lowest BCUT2D eigenvalue weighted by Gasteiger charge is -2.17. The molecule has 12 heteroatoms. The minimum atomic E-state index is -0.578. The molecule has 0 aliphatic heterocycles. The van der Waals surface area contributed by atoms with E-state index >= 15 is 0 Å². The third kappa shape index (κ3) is 5.46. The van der Waals surface area contributed by atoms with Crippen molar-refractivity contribution in [3.8, 4) is 0 Å². The number of nitrogens with one attached hydrogen (secondary N) is 3. The molecule has 0 saturated carbocycles. The maximum Gasteiger partial charge on any atom is 0.270 e. The summed E-state index contributed by atoms with van der Waals surface area (Å²) < 4.78 is 0. The fourth-order valence-corrected chi connectivity index (χ4v) is 4.01. The minimum Gasteiger partial charge on any atom is -0.330 e. The topological polar surface area (TPSA) is 156 Å². The van der Waals surface area contributed by atoms with Crippen LogP contribution in [0.15, 0.2) is 60.7 Å². The van der Waals surface area contributed by atoms with Gasteiger partial charge in [-0.2, -0.15) is 5.10 Å². The van der Waals surface area contributed by atoms with E-state index in [9.17, 15) is 19.7 Å². The second-order valence-corrected chi connectivity index (χ2v) is 8.70. The summed E-state index contributed by atoms with van der Waals surface area (Å²) in [5, 5.41) is 24.7. The van der Waals surface area contributed by atoms with E-state index in [1.54, 1.807) is 36.4 Å². The Hall–Kier alpha value is -3.99. The van der Waals surface area contributed by atoms with Gasteiger partial charge in [0.1, 0.15) is 0 Å². The number of aromatic amines is 1. The molecule has 3 aromatic carbocycles. The third-order valence-corrected chi connectivity index (χ3v) is 6.24. The Morgan fingerprint density at radius 2 is 1.86 bits per heavy atom. The number of nitro benzene ring substituents is 1. The van der Waals surface area contributed by atoms with Gasteiger partial charge in [0.15, 0.2) is 5.82 Å². The summed E-state index contributed by atoms with van der Waals surface area (Å²) in [6, 6.07) is 15.4. The lowest BCUT2D eigenvalue weighted by Crippen LogP contribution is -2.23. The number of benzene rings is 3. The number of H-pyrrole nitrogens is 1. The molecular weight excluding hydrogens is 507 g/mol. The lowest BCUT2D eigenvalue weighted by molar-refractivity contribution is -0.384. The number of aromatic nitrogens is 2. The molecule has 0 bridgehead atoms. The number of amides is 2. The zero-order valence-electron chi connectivity index (χ0n) is 18.6. The molecule has 0 aliphatic carbocycles. The molecule has 0 spiro atoms. The zero-order valence-corrected chi connectivity index (χ0v) is 20.1. The Labute approximate surface area is 214 Å². The molecule has 0 fully saturated rings. The quantitative estimate of drug-likeness (QED) is 0.185. The Kier molecular flexibility index (Phi) is 7.49. The first-order chi connectivity index (χ1) is 17.3. The van der Waals surface area contributed by atoms with E-state index in [1.165, 1.54) is 24.3 Å². The van der Waals surface area contributed by atoms with Crippen molar-refractivity contribution in [2.24, 2.45) is 5.73 Å². The SMILES string of the molecule is NCCC(C(=O)Nc1ccc2[nH]nc(NC(=O)c3cccc([N+](=O)[O-])c3)c2c1)c1ccc(Cl)c(Cl)c1. The number of rotatable bonds is 8. The number of nitro groups is 1. The fourth-order valence-electron chi connectivity index (χ4n) is 3.70. The average molecular weight is 527 g/mol. The molecule has 10 nitrogen and oxygen atoms in total. The van der Waals surface area contributed by atoms with Gasteiger partial charge in [0.2, 0.25) is 5.91 Å². The molecule has 0 radical (unpaired) electrons. The molecule has 0 saturated heterocycles. The van der Waals surface area contributed by atoms with Crippen molar-refractivity contribution in [2.45, 2.75) is 12.3 Å². The van der Waals surface area contributed by atoms with Crippen molar-refractivity contribution in [3.05, 3.63) is 92.0 Å². The number of nitrogens with two attached hydrogens (primary N) is 1. The van der Waals surface area contributed by atoms with E-state index < -0.39 is 16.7 Å². The summed E-state index contributed by atoms with van der Waals surface area (Å²) in [7, 11) is 0. The number of carbonyl (C=O) groups is 2. The zero-order chi connectivity index (χ0) is 25.8. The van der Waals surface area contributed by atoms with Crippen molar-refractivity contribution in [1.82, 2.24) is 10.2 Å². The first-order valence-electron chi connectivity index (χ1n) is 10.8. The first-order valence-corrected chi connectivity index (χ1v) is 11.5. The van der Waals surface area contributed by atoms with Gasteiger partial charge >= 0.3 is 0 Å². The Bertz CT molecular complexity index is 1470. The largest absolute Gasteiger partial charge is 0.330 e. The number of hydrogen-bond acceptors (Lipinski definition) is 6. The number of hydrogen-bond donors (Lipinski definition) is 4. The van der Waals surface area contributed by atoms with Crippen molar-refractivity contribution in [1.29, 1.82) is 0 Å². The second-order valence-electron chi connectivity index (χ2n) is 7.89. The van der Waals surface area contributed by atoms with Gasteiger partial charge in [-0.25, -0.2) is 0 Å². The molecule has 1 atom stereocenters. The molecule has 184 valence electrons. The van der Waals surface area contributed by atoms with Crippen molar-refractivity contribution in [2.75, 3.05) is 17.2 Å². The van der Waals surface area contributed by atoms with Crippen LogP contribution in [0.4, 0.5) is 17.2 Å². The van der Waals surface area contributed by atoms with E-state index in [0.717, 1.165) is 0 Å². The minimum absolute atomic E-state index is 0.107. The van der Waals surface area contributed by atoms with E-state index in [-0.39, 0.29) is 29.5 Å². The molecule has 0 aliphatic rings. The summed E-state index contributed by atoms with van der Waals surface area (Å²) in [5.74, 6) is -1.20. The number of carbonyl (C=O) groups excluding carboxylic acids is 2. The van der Waals surface area contributed by atoms with Gasteiger partial charge < -0.3 is 16.4 Å². The summed E-state index contributed by atoms with van der Waals surface area (Å²) in [6.45, 7) is 0.285. The van der Waals surface area contributed by atoms with Crippen LogP contribution >= 0.6 is 23.2 Å². The predicted molar refractivity (Wildman–Crippen MR) is 139 cm³/mol. The standard InChI is InChI=1S/C24H20Cl2N6O4/c25-19-6-4-13(11-20(19)26)17(8-9-27)24(34)28-15-5-7-21-18(12-15)22(31-30-21)29-23(33)14-2-1-3-16(10-14)32(35)36/h1-7,10-12,17H,8-9,27H2,(H,28,34)(H2,29,30,31,33). The summed E-state index contributed by atoms with van der Waals surface area (Å²) in [4.78, 5) is 36.2. The van der Waals surface area contributed by atoms with Gasteiger partial charge in [0.25, 0.3) is 11.6 Å². The third-order valence-electron chi connectivity index (χ3n) is 5.50. The summed E-state index contributed by atoms with van der Waals surface area (Å²) in [6.07, 6.45) is 0.391. The van der Waals surface area contributed by atoms with Crippen LogP contribution in [0.3, 0.4) is 0 Å². The fraction of sp³-hybridized carbons (Fsp3) is 0.125. The van der Waals surface area contributed by atoms with Crippen molar-refractivity contribution in [3.63, 3.8) is 0 Å². The van der Waals surface area contributed by atoms with Gasteiger partial charge in [-0.05, 0) is 54.9 Å². The second kappa shape index (κ2) is 10.7. The lowest BCUT2D eigenvalue weighted by atomic mass is 9.94. The van der Waals surface area contributed by atoms with Crippen LogP contribution < -0.4 is 16.4 Å². The number of nitrogens with zero attached hydrogens (tertiary/aromatic N) is 2. The summed E-state index contributed by atoms with van der Waals surface area (Å²) >= 11 is 12.1. The van der Waals surface area contributed by atoms with Gasteiger partial charge in [0, 0.05) is 28.8 Å². The molecule has 4 aromatic rings. The highest BCUT2D eigenvalue weighted by molar-refractivity contribution is 6.42. The van der Waals surface area contributed by atoms with Gasteiger partial charge in [0.05, 0.1) is 26.4 Å². The Morgan fingerprint density at radius 1 is 1.06 bits per heavy atom. The average Bonchev–Trinajstić information content (AvgIpc) is 3.26. The Balaban J connectivity index is 1.56. The molecule has 2 amide bonds. The van der Waals surface area contributed by atoms with Gasteiger partial charge in [-0.15, -0.1) is 0 Å². The maximum absolute atomic E-state index is 13.1. The maximum atomic E-state index is 13.1. The number of non-ortho nitro benzene ring substituents is 1. The van der Waals surface area contributed by atoms with E-state index in [2.05, 4.69) is 20.8 Å². The van der Waals surface area contributed by atoms with Crippen molar-refractivity contribution < 1.29 is 14.5 Å². The van der Waals surface area contributed by atoms with Crippen molar-refractivity contribution >= 4 is 63.1 Å².